The molecule has 1 heterocycles. The second-order valence-corrected chi connectivity index (χ2v) is 10.0. The highest BCUT2D eigenvalue weighted by molar-refractivity contribution is 7.89. The lowest BCUT2D eigenvalue weighted by Gasteiger charge is -2.15. The predicted molar refractivity (Wildman–Crippen MR) is 128 cm³/mol. The number of ether oxygens (including phenoxy) is 1. The third kappa shape index (κ3) is 4.51. The molecule has 0 atom stereocenters. The molecule has 0 N–H and O–H groups in total. The number of aromatic nitrogens is 1. The van der Waals surface area contributed by atoms with Crippen molar-refractivity contribution in [3.05, 3.63) is 95.6 Å². The Kier molecular flexibility index (Phi) is 6.26. The quantitative estimate of drug-likeness (QED) is 0.386. The zero-order chi connectivity index (χ0) is 23.6. The largest absolute Gasteiger partial charge is 0.457 e. The summed E-state index contributed by atoms with van der Waals surface area (Å²) in [4.78, 5) is 18.2. The smallest absolute Gasteiger partial charge is 0.339 e. The lowest BCUT2D eigenvalue weighted by atomic mass is 9.98. The first-order valence-electron chi connectivity index (χ1n) is 10.4. The fraction of sp³-hybridized carbons (Fsp3) is 0.154. The average Bonchev–Trinajstić information content (AvgIpc) is 2.82. The zero-order valence-corrected chi connectivity index (χ0v) is 19.5. The average molecular weight is 461 g/mol. The molecule has 0 unspecified atom stereocenters. The maximum absolute atomic E-state index is 13.2. The van der Waals surface area contributed by atoms with E-state index in [9.17, 15) is 13.2 Å². The number of carbonyl (C=O) groups excluding carboxylic acids is 1. The SMILES string of the molecule is Cc1c(-c2ccccc2)nc2ccccc2c1C(=O)OCc1cccc(S(=O)(=O)N(C)C)c1. The molecule has 0 amide bonds. The maximum atomic E-state index is 13.2. The summed E-state index contributed by atoms with van der Waals surface area (Å²) in [6.07, 6.45) is 0. The minimum absolute atomic E-state index is 0.0492. The number of benzene rings is 3. The number of carbonyl (C=O) groups is 1. The van der Waals surface area contributed by atoms with E-state index in [1.807, 2.05) is 61.5 Å². The Hall–Kier alpha value is -3.55. The van der Waals surface area contributed by atoms with Gasteiger partial charge in [0.25, 0.3) is 0 Å². The molecule has 4 aromatic rings. The Bertz CT molecular complexity index is 1430. The minimum Gasteiger partial charge on any atom is -0.457 e. The molecule has 33 heavy (non-hydrogen) atoms. The zero-order valence-electron chi connectivity index (χ0n) is 18.6. The Morgan fingerprint density at radius 3 is 2.36 bits per heavy atom. The molecule has 0 saturated heterocycles. The van der Waals surface area contributed by atoms with Crippen molar-refractivity contribution >= 4 is 26.9 Å². The highest BCUT2D eigenvalue weighted by atomic mass is 32.2. The Morgan fingerprint density at radius 2 is 1.64 bits per heavy atom. The van der Waals surface area contributed by atoms with Gasteiger partial charge in [0, 0.05) is 25.0 Å². The fourth-order valence-electron chi connectivity index (χ4n) is 3.67. The molecule has 0 aliphatic rings. The molecule has 0 saturated carbocycles. The summed E-state index contributed by atoms with van der Waals surface area (Å²) in [5.74, 6) is -0.482. The van der Waals surface area contributed by atoms with Crippen LogP contribution in [0.4, 0.5) is 0 Å². The first-order chi connectivity index (χ1) is 15.8. The van der Waals surface area contributed by atoms with Crippen molar-refractivity contribution in [1.29, 1.82) is 0 Å². The number of esters is 1. The summed E-state index contributed by atoms with van der Waals surface area (Å²) in [5, 5.41) is 0.712. The minimum atomic E-state index is -3.58. The van der Waals surface area contributed by atoms with E-state index in [0.717, 1.165) is 21.1 Å². The third-order valence-electron chi connectivity index (χ3n) is 5.43. The van der Waals surface area contributed by atoms with Gasteiger partial charge in [0.1, 0.15) is 6.61 Å². The molecule has 3 aromatic carbocycles. The lowest BCUT2D eigenvalue weighted by molar-refractivity contribution is 0.0474. The molecule has 4 rings (SSSR count). The van der Waals surface area contributed by atoms with Gasteiger partial charge in [0.05, 0.1) is 21.7 Å². The number of fused-ring (bicyclic) bond motifs is 1. The molecule has 0 fully saturated rings. The Labute approximate surface area is 193 Å². The van der Waals surface area contributed by atoms with Gasteiger partial charge in [-0.1, -0.05) is 60.7 Å². The van der Waals surface area contributed by atoms with Gasteiger partial charge in [-0.15, -0.1) is 0 Å². The molecule has 0 spiro atoms. The molecule has 6 nitrogen and oxygen atoms in total. The van der Waals surface area contributed by atoms with E-state index < -0.39 is 16.0 Å². The van der Waals surface area contributed by atoms with E-state index in [-0.39, 0.29) is 11.5 Å². The fourth-order valence-corrected chi connectivity index (χ4v) is 4.65. The Balaban J connectivity index is 1.69. The Morgan fingerprint density at radius 1 is 0.939 bits per heavy atom. The summed E-state index contributed by atoms with van der Waals surface area (Å²) in [5.41, 5.74) is 4.11. The molecular weight excluding hydrogens is 436 g/mol. The summed E-state index contributed by atoms with van der Waals surface area (Å²) in [7, 11) is -0.626. The van der Waals surface area contributed by atoms with Crippen LogP contribution >= 0.6 is 0 Å². The van der Waals surface area contributed by atoms with Crippen LogP contribution in [-0.4, -0.2) is 37.8 Å². The van der Waals surface area contributed by atoms with Crippen LogP contribution in [-0.2, 0) is 21.4 Å². The normalized spacial score (nSPS) is 11.6. The number of hydrogen-bond donors (Lipinski definition) is 0. The lowest BCUT2D eigenvalue weighted by Crippen LogP contribution is -2.22. The maximum Gasteiger partial charge on any atom is 0.339 e. The van der Waals surface area contributed by atoms with Crippen molar-refractivity contribution in [3.8, 4) is 11.3 Å². The summed E-state index contributed by atoms with van der Waals surface area (Å²) in [6.45, 7) is 1.81. The summed E-state index contributed by atoms with van der Waals surface area (Å²) >= 11 is 0. The van der Waals surface area contributed by atoms with E-state index in [1.54, 1.807) is 12.1 Å². The van der Waals surface area contributed by atoms with Crippen LogP contribution in [0.25, 0.3) is 22.2 Å². The number of sulfonamides is 1. The van der Waals surface area contributed by atoms with Gasteiger partial charge in [-0.05, 0) is 36.2 Å². The molecule has 0 aliphatic carbocycles. The van der Waals surface area contributed by atoms with Gasteiger partial charge >= 0.3 is 5.97 Å². The number of para-hydroxylation sites is 1. The third-order valence-corrected chi connectivity index (χ3v) is 7.25. The standard InChI is InChI=1S/C26H24N2O4S/c1-18-24(22-14-7-8-15-23(22)27-25(18)20-11-5-4-6-12-20)26(29)32-17-19-10-9-13-21(16-19)33(30,31)28(2)3/h4-16H,17H2,1-3H3. The predicted octanol–water partition coefficient (Wildman–Crippen LogP) is 4.82. The number of pyridine rings is 1. The first kappa shape index (κ1) is 22.6. The molecular formula is C26H24N2O4S. The van der Waals surface area contributed by atoms with Crippen LogP contribution in [0.2, 0.25) is 0 Å². The summed E-state index contributed by atoms with van der Waals surface area (Å²) in [6, 6.07) is 23.6. The van der Waals surface area contributed by atoms with Crippen molar-refractivity contribution in [2.24, 2.45) is 0 Å². The van der Waals surface area contributed by atoms with Crippen LogP contribution < -0.4 is 0 Å². The molecule has 7 heteroatoms. The van der Waals surface area contributed by atoms with Crippen molar-refractivity contribution < 1.29 is 17.9 Å². The van der Waals surface area contributed by atoms with E-state index in [4.69, 9.17) is 9.72 Å². The molecule has 1 aromatic heterocycles. The number of rotatable bonds is 6. The second-order valence-electron chi connectivity index (χ2n) is 7.85. The molecule has 0 bridgehead atoms. The summed E-state index contributed by atoms with van der Waals surface area (Å²) < 4.78 is 31.6. The van der Waals surface area contributed by atoms with Gasteiger partial charge in [0.15, 0.2) is 0 Å². The number of hydrogen-bond acceptors (Lipinski definition) is 5. The van der Waals surface area contributed by atoms with Gasteiger partial charge in [-0.25, -0.2) is 22.5 Å². The monoisotopic (exact) mass is 460 g/mol. The van der Waals surface area contributed by atoms with Crippen LogP contribution in [0.5, 0.6) is 0 Å². The van der Waals surface area contributed by atoms with Crippen LogP contribution in [0.1, 0.15) is 21.5 Å². The van der Waals surface area contributed by atoms with Crippen molar-refractivity contribution in [1.82, 2.24) is 9.29 Å². The van der Waals surface area contributed by atoms with Crippen molar-refractivity contribution in [2.45, 2.75) is 18.4 Å². The molecule has 168 valence electrons. The van der Waals surface area contributed by atoms with Crippen LogP contribution in [0, 0.1) is 6.92 Å². The second kappa shape index (κ2) is 9.13. The van der Waals surface area contributed by atoms with E-state index in [0.29, 0.717) is 22.0 Å². The van der Waals surface area contributed by atoms with Crippen molar-refractivity contribution in [3.63, 3.8) is 0 Å². The van der Waals surface area contributed by atoms with Crippen molar-refractivity contribution in [2.75, 3.05) is 14.1 Å². The highest BCUT2D eigenvalue weighted by Crippen LogP contribution is 2.30. The van der Waals surface area contributed by atoms with Gasteiger partial charge in [-0.3, -0.25) is 0 Å². The highest BCUT2D eigenvalue weighted by Gasteiger charge is 2.21. The van der Waals surface area contributed by atoms with Crippen LogP contribution in [0.15, 0.2) is 83.8 Å². The van der Waals surface area contributed by atoms with Gasteiger partial charge in [0.2, 0.25) is 10.0 Å². The van der Waals surface area contributed by atoms with E-state index >= 15 is 0 Å². The van der Waals surface area contributed by atoms with E-state index in [2.05, 4.69) is 0 Å². The first-order valence-corrected chi connectivity index (χ1v) is 11.9. The number of nitrogens with zero attached hydrogens (tertiary/aromatic N) is 2. The van der Waals surface area contributed by atoms with E-state index in [1.165, 1.54) is 26.2 Å². The van der Waals surface area contributed by atoms with Gasteiger partial charge < -0.3 is 4.74 Å². The molecule has 0 radical (unpaired) electrons. The molecule has 0 aliphatic heterocycles. The van der Waals surface area contributed by atoms with Gasteiger partial charge in [-0.2, -0.15) is 0 Å². The topological polar surface area (TPSA) is 76.6 Å². The van der Waals surface area contributed by atoms with Crippen LogP contribution in [0.3, 0.4) is 0 Å².